The molecule has 110 valence electrons. The van der Waals surface area contributed by atoms with Gasteiger partial charge in [0.15, 0.2) is 0 Å². The number of hydrogen-bond acceptors (Lipinski definition) is 4. The lowest BCUT2D eigenvalue weighted by Gasteiger charge is -2.31. The zero-order valence-electron chi connectivity index (χ0n) is 12.4. The molecule has 0 saturated carbocycles. The smallest absolute Gasteiger partial charge is 0.219 e. The van der Waals surface area contributed by atoms with Gasteiger partial charge in [0, 0.05) is 39.2 Å². The van der Waals surface area contributed by atoms with E-state index in [1.165, 1.54) is 0 Å². The van der Waals surface area contributed by atoms with Crippen molar-refractivity contribution in [3.63, 3.8) is 0 Å². The van der Waals surface area contributed by atoms with E-state index < -0.39 is 0 Å². The quantitative estimate of drug-likeness (QED) is 0.841. The first-order valence-electron chi connectivity index (χ1n) is 7.19. The Balaban J connectivity index is 1.86. The van der Waals surface area contributed by atoms with Gasteiger partial charge in [-0.25, -0.2) is 9.97 Å². The summed E-state index contributed by atoms with van der Waals surface area (Å²) < 4.78 is 1.93. The number of amides is 1. The Morgan fingerprint density at radius 1 is 1.29 bits per heavy atom. The van der Waals surface area contributed by atoms with E-state index in [4.69, 9.17) is 4.98 Å². The molecule has 6 heteroatoms. The summed E-state index contributed by atoms with van der Waals surface area (Å²) in [6, 6.07) is 0. The SMILES string of the molecule is CC(=O)N1CCC[C@H](c2cncc(-c3cncn3C)n2)C1. The van der Waals surface area contributed by atoms with Crippen LogP contribution in [0.15, 0.2) is 24.9 Å². The van der Waals surface area contributed by atoms with Crippen molar-refractivity contribution in [2.75, 3.05) is 13.1 Å². The molecule has 3 rings (SSSR count). The Labute approximate surface area is 123 Å². The van der Waals surface area contributed by atoms with Gasteiger partial charge in [0.25, 0.3) is 0 Å². The summed E-state index contributed by atoms with van der Waals surface area (Å²) in [7, 11) is 1.94. The molecule has 6 nitrogen and oxygen atoms in total. The maximum atomic E-state index is 11.6. The lowest BCUT2D eigenvalue weighted by Crippen LogP contribution is -2.37. The third-order valence-corrected chi connectivity index (χ3v) is 4.02. The molecule has 1 atom stereocenters. The summed E-state index contributed by atoms with van der Waals surface area (Å²) in [5.41, 5.74) is 2.73. The second-order valence-electron chi connectivity index (χ2n) is 5.52. The summed E-state index contributed by atoms with van der Waals surface area (Å²) in [6.45, 7) is 3.21. The van der Waals surface area contributed by atoms with E-state index in [1.807, 2.05) is 22.7 Å². The average molecular weight is 285 g/mol. The van der Waals surface area contributed by atoms with Crippen molar-refractivity contribution in [2.24, 2.45) is 7.05 Å². The fraction of sp³-hybridized carbons (Fsp3) is 0.467. The Morgan fingerprint density at radius 3 is 2.86 bits per heavy atom. The van der Waals surface area contributed by atoms with Crippen LogP contribution in [-0.4, -0.2) is 43.4 Å². The molecule has 3 heterocycles. The highest BCUT2D eigenvalue weighted by Crippen LogP contribution is 2.26. The summed E-state index contributed by atoms with van der Waals surface area (Å²) in [4.78, 5) is 26.6. The van der Waals surface area contributed by atoms with Crippen LogP contribution in [-0.2, 0) is 11.8 Å². The van der Waals surface area contributed by atoms with Gasteiger partial charge in [0.1, 0.15) is 5.69 Å². The number of piperidine rings is 1. The number of rotatable bonds is 2. The molecule has 21 heavy (non-hydrogen) atoms. The molecule has 1 fully saturated rings. The van der Waals surface area contributed by atoms with E-state index in [9.17, 15) is 4.79 Å². The highest BCUT2D eigenvalue weighted by molar-refractivity contribution is 5.73. The number of carbonyl (C=O) groups excluding carboxylic acids is 1. The van der Waals surface area contributed by atoms with Crippen molar-refractivity contribution in [1.82, 2.24) is 24.4 Å². The van der Waals surface area contributed by atoms with Crippen LogP contribution < -0.4 is 0 Å². The van der Waals surface area contributed by atoms with Gasteiger partial charge in [-0.05, 0) is 12.8 Å². The van der Waals surface area contributed by atoms with Gasteiger partial charge in [0.05, 0.1) is 30.1 Å². The standard InChI is InChI=1S/C15H19N5O/c1-11(21)20-5-3-4-12(9-20)13-6-16-7-14(18-13)15-8-17-10-19(15)2/h6-8,10,12H,3-5,9H2,1-2H3/t12-/m0/s1. The molecule has 2 aromatic rings. The minimum Gasteiger partial charge on any atom is -0.342 e. The van der Waals surface area contributed by atoms with E-state index in [0.29, 0.717) is 0 Å². The van der Waals surface area contributed by atoms with Crippen molar-refractivity contribution < 1.29 is 4.79 Å². The van der Waals surface area contributed by atoms with E-state index in [0.717, 1.165) is 43.0 Å². The van der Waals surface area contributed by atoms with Crippen molar-refractivity contribution in [1.29, 1.82) is 0 Å². The molecular weight excluding hydrogens is 266 g/mol. The van der Waals surface area contributed by atoms with Gasteiger partial charge in [-0.15, -0.1) is 0 Å². The molecule has 1 amide bonds. The minimum atomic E-state index is 0.135. The monoisotopic (exact) mass is 285 g/mol. The molecule has 1 aliphatic rings. The van der Waals surface area contributed by atoms with Gasteiger partial charge in [0.2, 0.25) is 5.91 Å². The second-order valence-corrected chi connectivity index (χ2v) is 5.52. The second kappa shape index (κ2) is 5.63. The lowest BCUT2D eigenvalue weighted by molar-refractivity contribution is -0.130. The average Bonchev–Trinajstić information content (AvgIpc) is 2.94. The van der Waals surface area contributed by atoms with Gasteiger partial charge in [-0.3, -0.25) is 9.78 Å². The van der Waals surface area contributed by atoms with E-state index in [2.05, 4.69) is 9.97 Å². The molecule has 0 N–H and O–H groups in total. The van der Waals surface area contributed by atoms with Crippen LogP contribution in [0.25, 0.3) is 11.4 Å². The van der Waals surface area contributed by atoms with Crippen LogP contribution in [0.2, 0.25) is 0 Å². The number of carbonyl (C=O) groups is 1. The molecule has 1 aliphatic heterocycles. The van der Waals surface area contributed by atoms with Gasteiger partial charge < -0.3 is 9.47 Å². The normalized spacial score (nSPS) is 18.8. The van der Waals surface area contributed by atoms with Crippen molar-refractivity contribution in [2.45, 2.75) is 25.7 Å². The lowest BCUT2D eigenvalue weighted by atomic mass is 9.95. The first-order valence-corrected chi connectivity index (χ1v) is 7.19. The third-order valence-electron chi connectivity index (χ3n) is 4.02. The number of nitrogens with zero attached hydrogens (tertiary/aromatic N) is 5. The fourth-order valence-corrected chi connectivity index (χ4v) is 2.81. The van der Waals surface area contributed by atoms with Crippen LogP contribution in [0.3, 0.4) is 0 Å². The summed E-state index contributed by atoms with van der Waals surface area (Å²) in [5, 5.41) is 0. The Kier molecular flexibility index (Phi) is 3.68. The number of likely N-dealkylation sites (tertiary alicyclic amines) is 1. The van der Waals surface area contributed by atoms with Gasteiger partial charge in [-0.2, -0.15) is 0 Å². The Morgan fingerprint density at radius 2 is 2.14 bits per heavy atom. The Bertz CT molecular complexity index is 651. The van der Waals surface area contributed by atoms with E-state index in [1.54, 1.807) is 25.6 Å². The van der Waals surface area contributed by atoms with Crippen LogP contribution in [0.1, 0.15) is 31.4 Å². The number of imidazole rings is 1. The van der Waals surface area contributed by atoms with Crippen LogP contribution >= 0.6 is 0 Å². The summed E-state index contributed by atoms with van der Waals surface area (Å²) in [6.07, 6.45) is 9.17. The molecule has 0 unspecified atom stereocenters. The molecule has 0 bridgehead atoms. The summed E-state index contributed by atoms with van der Waals surface area (Å²) >= 11 is 0. The molecule has 0 spiro atoms. The van der Waals surface area contributed by atoms with Crippen LogP contribution in [0.5, 0.6) is 0 Å². The largest absolute Gasteiger partial charge is 0.342 e. The molecule has 0 aliphatic carbocycles. The van der Waals surface area contributed by atoms with Crippen molar-refractivity contribution in [3.8, 4) is 11.4 Å². The molecule has 2 aromatic heterocycles. The zero-order chi connectivity index (χ0) is 14.8. The van der Waals surface area contributed by atoms with Gasteiger partial charge >= 0.3 is 0 Å². The maximum Gasteiger partial charge on any atom is 0.219 e. The maximum absolute atomic E-state index is 11.6. The van der Waals surface area contributed by atoms with Crippen molar-refractivity contribution >= 4 is 5.91 Å². The molecule has 0 aromatic carbocycles. The highest BCUT2D eigenvalue weighted by Gasteiger charge is 2.24. The van der Waals surface area contributed by atoms with Crippen LogP contribution in [0.4, 0.5) is 0 Å². The highest BCUT2D eigenvalue weighted by atomic mass is 16.2. The fourth-order valence-electron chi connectivity index (χ4n) is 2.81. The first kappa shape index (κ1) is 13.7. The first-order chi connectivity index (χ1) is 10.1. The topological polar surface area (TPSA) is 63.9 Å². The van der Waals surface area contributed by atoms with Crippen LogP contribution in [0, 0.1) is 0 Å². The molecular formula is C15H19N5O. The summed E-state index contributed by atoms with van der Waals surface area (Å²) in [5.74, 6) is 0.402. The van der Waals surface area contributed by atoms with E-state index >= 15 is 0 Å². The predicted octanol–water partition coefficient (Wildman–Crippen LogP) is 1.60. The number of hydrogen-bond donors (Lipinski definition) is 0. The van der Waals surface area contributed by atoms with Gasteiger partial charge in [-0.1, -0.05) is 0 Å². The number of aryl methyl sites for hydroxylation is 1. The third kappa shape index (κ3) is 2.79. The molecule has 0 radical (unpaired) electrons. The Hall–Kier alpha value is -2.24. The predicted molar refractivity (Wildman–Crippen MR) is 78.5 cm³/mol. The minimum absolute atomic E-state index is 0.135. The van der Waals surface area contributed by atoms with Crippen molar-refractivity contribution in [3.05, 3.63) is 30.6 Å². The zero-order valence-corrected chi connectivity index (χ0v) is 12.4. The molecule has 1 saturated heterocycles. The number of aromatic nitrogens is 4. The van der Waals surface area contributed by atoms with E-state index in [-0.39, 0.29) is 11.8 Å².